The third-order valence-corrected chi connectivity index (χ3v) is 4.03. The quantitative estimate of drug-likeness (QED) is 0.743. The lowest BCUT2D eigenvalue weighted by atomic mass is 10.1. The van der Waals surface area contributed by atoms with E-state index in [2.05, 4.69) is 5.32 Å². The van der Waals surface area contributed by atoms with Crippen LogP contribution in [0.5, 0.6) is 0 Å². The van der Waals surface area contributed by atoms with Crippen molar-refractivity contribution >= 4 is 11.6 Å². The number of carbonyl (C=O) groups is 1. The summed E-state index contributed by atoms with van der Waals surface area (Å²) in [5.41, 5.74) is 2.27. The van der Waals surface area contributed by atoms with Crippen LogP contribution in [0.3, 0.4) is 0 Å². The summed E-state index contributed by atoms with van der Waals surface area (Å²) < 4.78 is 6.68. The molecular formula is C21H20N2O3. The predicted molar refractivity (Wildman–Crippen MR) is 101 cm³/mol. The normalized spacial score (nSPS) is 10.5. The molecule has 0 fully saturated rings. The highest BCUT2D eigenvalue weighted by molar-refractivity contribution is 6.04. The van der Waals surface area contributed by atoms with Gasteiger partial charge in [-0.2, -0.15) is 0 Å². The summed E-state index contributed by atoms with van der Waals surface area (Å²) >= 11 is 0. The summed E-state index contributed by atoms with van der Waals surface area (Å²) in [5.74, 6) is -0.430. The smallest absolute Gasteiger partial charge is 0.263 e. The molecule has 0 unspecified atom stereocenters. The minimum atomic E-state index is -0.430. The van der Waals surface area contributed by atoms with Crippen molar-refractivity contribution in [3.63, 3.8) is 0 Å². The number of rotatable bonds is 6. The second-order valence-electron chi connectivity index (χ2n) is 5.88. The fourth-order valence-corrected chi connectivity index (χ4v) is 2.73. The molecule has 2 aromatic carbocycles. The fraction of sp³-hybridized carbons (Fsp3) is 0.143. The van der Waals surface area contributed by atoms with Crippen molar-refractivity contribution < 1.29 is 9.53 Å². The number of amides is 1. The first-order valence-electron chi connectivity index (χ1n) is 8.30. The SMILES string of the molecule is COCc1ccccc1NC(=O)c1cccn(Cc2ccccc2)c1=O. The summed E-state index contributed by atoms with van der Waals surface area (Å²) in [6.07, 6.45) is 1.69. The monoisotopic (exact) mass is 348 g/mol. The van der Waals surface area contributed by atoms with Crippen LogP contribution in [-0.2, 0) is 17.9 Å². The highest BCUT2D eigenvalue weighted by Gasteiger charge is 2.14. The van der Waals surface area contributed by atoms with Crippen LogP contribution in [0.25, 0.3) is 0 Å². The molecule has 0 radical (unpaired) electrons. The molecule has 0 aliphatic carbocycles. The zero-order chi connectivity index (χ0) is 18.4. The summed E-state index contributed by atoms with van der Waals surface area (Å²) in [7, 11) is 1.60. The molecule has 1 amide bonds. The molecule has 132 valence electrons. The molecule has 0 aliphatic heterocycles. The number of pyridine rings is 1. The van der Waals surface area contributed by atoms with Gasteiger partial charge < -0.3 is 14.6 Å². The average molecular weight is 348 g/mol. The molecule has 0 saturated heterocycles. The van der Waals surface area contributed by atoms with Crippen LogP contribution in [0.4, 0.5) is 5.69 Å². The Bertz CT molecular complexity index is 949. The van der Waals surface area contributed by atoms with Crippen LogP contribution >= 0.6 is 0 Å². The molecule has 3 aromatic rings. The van der Waals surface area contributed by atoms with Gasteiger partial charge in [0.1, 0.15) is 5.56 Å². The molecule has 1 heterocycles. The first-order valence-corrected chi connectivity index (χ1v) is 8.30. The molecule has 5 nitrogen and oxygen atoms in total. The zero-order valence-electron chi connectivity index (χ0n) is 14.5. The third kappa shape index (κ3) is 4.07. The lowest BCUT2D eigenvalue weighted by molar-refractivity contribution is 0.102. The number of hydrogen-bond acceptors (Lipinski definition) is 3. The van der Waals surface area contributed by atoms with Gasteiger partial charge in [0.15, 0.2) is 0 Å². The largest absolute Gasteiger partial charge is 0.380 e. The standard InChI is InChI=1S/C21H20N2O3/c1-26-15-17-10-5-6-12-19(17)22-20(24)18-11-7-13-23(21(18)25)14-16-8-3-2-4-9-16/h2-13H,14-15H2,1H3,(H,22,24). The Balaban J connectivity index is 1.84. The van der Waals surface area contributed by atoms with Crippen LogP contribution in [0.1, 0.15) is 21.5 Å². The fourth-order valence-electron chi connectivity index (χ4n) is 2.73. The average Bonchev–Trinajstić information content (AvgIpc) is 2.66. The summed E-state index contributed by atoms with van der Waals surface area (Å²) in [6, 6.07) is 20.3. The summed E-state index contributed by atoms with van der Waals surface area (Å²) in [6.45, 7) is 0.796. The van der Waals surface area contributed by atoms with Crippen molar-refractivity contribution in [2.24, 2.45) is 0 Å². The van der Waals surface area contributed by atoms with E-state index in [1.807, 2.05) is 48.5 Å². The van der Waals surface area contributed by atoms with Gasteiger partial charge in [-0.3, -0.25) is 9.59 Å². The first-order chi connectivity index (χ1) is 12.7. The number of aromatic nitrogens is 1. The molecule has 5 heteroatoms. The second kappa shape index (κ2) is 8.27. The molecule has 1 aromatic heterocycles. The van der Waals surface area contributed by atoms with Gasteiger partial charge >= 0.3 is 0 Å². The van der Waals surface area contributed by atoms with Gasteiger partial charge in [-0.15, -0.1) is 0 Å². The number of ether oxygens (including phenoxy) is 1. The molecule has 3 rings (SSSR count). The molecule has 0 saturated carbocycles. The predicted octanol–water partition coefficient (Wildman–Crippen LogP) is 3.30. The van der Waals surface area contributed by atoms with E-state index >= 15 is 0 Å². The van der Waals surface area contributed by atoms with Gasteiger partial charge in [0.05, 0.1) is 13.2 Å². The van der Waals surface area contributed by atoms with E-state index in [-0.39, 0.29) is 11.1 Å². The molecule has 1 N–H and O–H groups in total. The van der Waals surface area contributed by atoms with Crippen molar-refractivity contribution in [2.75, 3.05) is 12.4 Å². The van der Waals surface area contributed by atoms with Crippen LogP contribution in [0, 0.1) is 0 Å². The number of methoxy groups -OCH3 is 1. The minimum Gasteiger partial charge on any atom is -0.380 e. The highest BCUT2D eigenvalue weighted by Crippen LogP contribution is 2.16. The van der Waals surface area contributed by atoms with Gasteiger partial charge in [-0.05, 0) is 23.8 Å². The van der Waals surface area contributed by atoms with Gasteiger partial charge in [0.25, 0.3) is 11.5 Å². The number of hydrogen-bond donors (Lipinski definition) is 1. The lowest BCUT2D eigenvalue weighted by Crippen LogP contribution is -2.29. The maximum Gasteiger partial charge on any atom is 0.263 e. The highest BCUT2D eigenvalue weighted by atomic mass is 16.5. The van der Waals surface area contributed by atoms with E-state index in [1.165, 1.54) is 10.6 Å². The number of nitrogens with one attached hydrogen (secondary N) is 1. The molecule has 0 bridgehead atoms. The molecule has 0 atom stereocenters. The third-order valence-electron chi connectivity index (χ3n) is 4.03. The Kier molecular flexibility index (Phi) is 5.61. The minimum absolute atomic E-state index is 0.107. The first kappa shape index (κ1) is 17.6. The molecule has 26 heavy (non-hydrogen) atoms. The number of anilines is 1. The van der Waals surface area contributed by atoms with Crippen molar-refractivity contribution in [2.45, 2.75) is 13.2 Å². The Morgan fingerprint density at radius 2 is 1.73 bits per heavy atom. The van der Waals surface area contributed by atoms with Crippen LogP contribution in [0.2, 0.25) is 0 Å². The second-order valence-corrected chi connectivity index (χ2v) is 5.88. The van der Waals surface area contributed by atoms with Gasteiger partial charge in [-0.1, -0.05) is 48.5 Å². The number of nitrogens with zero attached hydrogens (tertiary/aromatic N) is 1. The van der Waals surface area contributed by atoms with E-state index in [0.29, 0.717) is 18.8 Å². The van der Waals surface area contributed by atoms with Crippen LogP contribution < -0.4 is 10.9 Å². The Hall–Kier alpha value is -3.18. The van der Waals surface area contributed by atoms with Crippen LogP contribution in [0.15, 0.2) is 77.7 Å². The van der Waals surface area contributed by atoms with Crippen molar-refractivity contribution in [1.29, 1.82) is 0 Å². The maximum atomic E-state index is 12.7. The topological polar surface area (TPSA) is 60.3 Å². The molecule has 0 spiro atoms. The summed E-state index contributed by atoms with van der Waals surface area (Å²) in [4.78, 5) is 25.3. The van der Waals surface area contributed by atoms with Crippen molar-refractivity contribution in [3.05, 3.63) is 100.0 Å². The number of benzene rings is 2. The van der Waals surface area contributed by atoms with E-state index < -0.39 is 5.91 Å². The van der Waals surface area contributed by atoms with E-state index in [9.17, 15) is 9.59 Å². The van der Waals surface area contributed by atoms with Crippen molar-refractivity contribution in [3.8, 4) is 0 Å². The Labute approximate surface area is 151 Å². The Morgan fingerprint density at radius 1 is 1.00 bits per heavy atom. The maximum absolute atomic E-state index is 12.7. The van der Waals surface area contributed by atoms with Crippen molar-refractivity contribution in [1.82, 2.24) is 4.57 Å². The molecule has 0 aliphatic rings. The van der Waals surface area contributed by atoms with Crippen LogP contribution in [-0.4, -0.2) is 17.6 Å². The number of carbonyl (C=O) groups excluding carboxylic acids is 1. The van der Waals surface area contributed by atoms with Gasteiger partial charge in [0, 0.05) is 24.6 Å². The lowest BCUT2D eigenvalue weighted by Gasteiger charge is -2.11. The zero-order valence-corrected chi connectivity index (χ0v) is 14.5. The Morgan fingerprint density at radius 3 is 2.50 bits per heavy atom. The van der Waals surface area contributed by atoms with E-state index in [0.717, 1.165) is 11.1 Å². The molecular weight excluding hydrogens is 328 g/mol. The van der Waals surface area contributed by atoms with E-state index in [4.69, 9.17) is 4.74 Å². The summed E-state index contributed by atoms with van der Waals surface area (Å²) in [5, 5.41) is 2.81. The van der Waals surface area contributed by atoms with Gasteiger partial charge in [0.2, 0.25) is 0 Å². The van der Waals surface area contributed by atoms with Gasteiger partial charge in [-0.25, -0.2) is 0 Å². The number of para-hydroxylation sites is 1. The van der Waals surface area contributed by atoms with E-state index in [1.54, 1.807) is 25.4 Å².